The van der Waals surface area contributed by atoms with E-state index in [1.54, 1.807) is 4.90 Å². The number of unbranched alkanes of at least 4 members (excludes halogenated alkanes) is 8. The van der Waals surface area contributed by atoms with Crippen molar-refractivity contribution in [1.29, 1.82) is 0 Å². The van der Waals surface area contributed by atoms with Gasteiger partial charge in [0.25, 0.3) is 0 Å². The van der Waals surface area contributed by atoms with Crippen molar-refractivity contribution in [3.8, 4) is 0 Å². The molecule has 0 unspecified atom stereocenters. The molecule has 15 heavy (non-hydrogen) atoms. The van der Waals surface area contributed by atoms with Gasteiger partial charge in [0, 0.05) is 13.6 Å². The van der Waals surface area contributed by atoms with Crippen LogP contribution in [0.15, 0.2) is 0 Å². The van der Waals surface area contributed by atoms with Crippen LogP contribution in [0.5, 0.6) is 0 Å². The zero-order valence-corrected chi connectivity index (χ0v) is 10.5. The summed E-state index contributed by atoms with van der Waals surface area (Å²) in [6.07, 6.45) is 13.0. The minimum atomic E-state index is 0.907. The molecule has 2 heteroatoms. The second-order valence-electron chi connectivity index (χ2n) is 4.41. The van der Waals surface area contributed by atoms with Gasteiger partial charge in [-0.15, -0.1) is 0 Å². The van der Waals surface area contributed by atoms with Crippen LogP contribution in [-0.4, -0.2) is 24.9 Å². The first-order valence-electron chi connectivity index (χ1n) is 6.46. The number of amides is 1. The van der Waals surface area contributed by atoms with Crippen LogP contribution in [0.2, 0.25) is 0 Å². The van der Waals surface area contributed by atoms with Gasteiger partial charge in [0.1, 0.15) is 0 Å². The quantitative estimate of drug-likeness (QED) is 0.379. The highest BCUT2D eigenvalue weighted by molar-refractivity contribution is 5.46. The maximum Gasteiger partial charge on any atom is 0.209 e. The first-order valence-corrected chi connectivity index (χ1v) is 6.46. The third-order valence-electron chi connectivity index (χ3n) is 2.79. The van der Waals surface area contributed by atoms with Crippen molar-refractivity contribution < 1.29 is 4.79 Å². The molecule has 0 aromatic carbocycles. The number of carbonyl (C=O) groups excluding carboxylic acids is 1. The van der Waals surface area contributed by atoms with Gasteiger partial charge in [-0.1, -0.05) is 58.3 Å². The molecular formula is C13H27NO. The van der Waals surface area contributed by atoms with E-state index in [0.717, 1.165) is 19.4 Å². The summed E-state index contributed by atoms with van der Waals surface area (Å²) in [7, 11) is 1.84. The largest absolute Gasteiger partial charge is 0.348 e. The number of hydrogen-bond donors (Lipinski definition) is 0. The Morgan fingerprint density at radius 1 is 0.867 bits per heavy atom. The van der Waals surface area contributed by atoms with Gasteiger partial charge < -0.3 is 4.90 Å². The summed E-state index contributed by atoms with van der Waals surface area (Å²) in [5.74, 6) is 0. The molecule has 0 fully saturated rings. The third-order valence-corrected chi connectivity index (χ3v) is 2.79. The van der Waals surface area contributed by atoms with Crippen molar-refractivity contribution in [2.45, 2.75) is 64.7 Å². The molecule has 0 rings (SSSR count). The van der Waals surface area contributed by atoms with E-state index in [1.807, 2.05) is 7.05 Å². The summed E-state index contributed by atoms with van der Waals surface area (Å²) in [4.78, 5) is 12.0. The minimum absolute atomic E-state index is 0.907. The Hall–Kier alpha value is -0.530. The van der Waals surface area contributed by atoms with Crippen LogP contribution in [0.3, 0.4) is 0 Å². The Morgan fingerprint density at radius 3 is 1.80 bits per heavy atom. The van der Waals surface area contributed by atoms with Gasteiger partial charge in [0.15, 0.2) is 0 Å². The topological polar surface area (TPSA) is 20.3 Å². The van der Waals surface area contributed by atoms with E-state index in [2.05, 4.69) is 6.92 Å². The van der Waals surface area contributed by atoms with Crippen molar-refractivity contribution in [2.24, 2.45) is 0 Å². The minimum Gasteiger partial charge on any atom is -0.348 e. The Balaban J connectivity index is 2.95. The smallest absolute Gasteiger partial charge is 0.209 e. The average molecular weight is 213 g/mol. The Labute approximate surface area is 95.0 Å². The van der Waals surface area contributed by atoms with E-state index < -0.39 is 0 Å². The Kier molecular flexibility index (Phi) is 11.1. The molecule has 0 N–H and O–H groups in total. The molecule has 1 amide bonds. The van der Waals surface area contributed by atoms with Crippen molar-refractivity contribution in [2.75, 3.05) is 13.6 Å². The summed E-state index contributed by atoms with van der Waals surface area (Å²) < 4.78 is 0. The van der Waals surface area contributed by atoms with Crippen molar-refractivity contribution >= 4 is 6.41 Å². The van der Waals surface area contributed by atoms with Crippen LogP contribution in [0, 0.1) is 0 Å². The number of nitrogens with zero attached hydrogens (tertiary/aromatic N) is 1. The Morgan fingerprint density at radius 2 is 1.33 bits per heavy atom. The molecule has 0 aliphatic carbocycles. The van der Waals surface area contributed by atoms with Crippen LogP contribution < -0.4 is 0 Å². The van der Waals surface area contributed by atoms with Crippen molar-refractivity contribution in [3.05, 3.63) is 0 Å². The van der Waals surface area contributed by atoms with E-state index in [0.29, 0.717) is 0 Å². The predicted octanol–water partition coefficient (Wildman–Crippen LogP) is 3.61. The van der Waals surface area contributed by atoms with E-state index in [-0.39, 0.29) is 0 Å². The molecule has 0 aromatic rings. The zero-order chi connectivity index (χ0) is 11.4. The lowest BCUT2D eigenvalue weighted by molar-refractivity contribution is -0.117. The second kappa shape index (κ2) is 11.5. The van der Waals surface area contributed by atoms with E-state index in [1.165, 1.54) is 51.4 Å². The molecule has 0 aromatic heterocycles. The highest BCUT2D eigenvalue weighted by Crippen LogP contribution is 2.09. The highest BCUT2D eigenvalue weighted by atomic mass is 16.1. The third kappa shape index (κ3) is 11.4. The van der Waals surface area contributed by atoms with Gasteiger partial charge >= 0.3 is 0 Å². The molecule has 0 spiro atoms. The Bertz CT molecular complexity index is 136. The van der Waals surface area contributed by atoms with Gasteiger partial charge in [-0.05, 0) is 6.42 Å². The monoisotopic (exact) mass is 213 g/mol. The van der Waals surface area contributed by atoms with Gasteiger partial charge in [0.2, 0.25) is 6.41 Å². The zero-order valence-electron chi connectivity index (χ0n) is 10.5. The molecule has 0 aliphatic rings. The van der Waals surface area contributed by atoms with Crippen LogP contribution in [0.25, 0.3) is 0 Å². The molecule has 2 nitrogen and oxygen atoms in total. The summed E-state index contributed by atoms with van der Waals surface area (Å²) in [5.41, 5.74) is 0. The molecule has 0 atom stereocenters. The standard InChI is InChI=1S/C13H27NO/c1-3-4-5-6-7-8-9-10-11-12-14(2)13-15/h13H,3-12H2,1-2H3. The van der Waals surface area contributed by atoms with Crippen LogP contribution in [0.1, 0.15) is 64.7 Å². The van der Waals surface area contributed by atoms with Gasteiger partial charge in [-0.2, -0.15) is 0 Å². The molecule has 0 saturated carbocycles. The van der Waals surface area contributed by atoms with Crippen LogP contribution in [-0.2, 0) is 4.79 Å². The summed E-state index contributed by atoms with van der Waals surface area (Å²) >= 11 is 0. The van der Waals surface area contributed by atoms with Crippen molar-refractivity contribution in [3.63, 3.8) is 0 Å². The molecular weight excluding hydrogens is 186 g/mol. The lowest BCUT2D eigenvalue weighted by atomic mass is 10.1. The maximum absolute atomic E-state index is 10.3. The summed E-state index contributed by atoms with van der Waals surface area (Å²) in [6.45, 7) is 3.17. The average Bonchev–Trinajstić information content (AvgIpc) is 2.26. The molecule has 0 radical (unpaired) electrons. The van der Waals surface area contributed by atoms with Crippen molar-refractivity contribution in [1.82, 2.24) is 4.90 Å². The SMILES string of the molecule is CCCCCCCCCCCN(C)C=O. The van der Waals surface area contributed by atoms with E-state index in [4.69, 9.17) is 0 Å². The fourth-order valence-electron chi connectivity index (χ4n) is 1.72. The van der Waals surface area contributed by atoms with E-state index >= 15 is 0 Å². The first kappa shape index (κ1) is 14.5. The molecule has 0 saturated heterocycles. The van der Waals surface area contributed by atoms with Crippen LogP contribution >= 0.6 is 0 Å². The molecule has 90 valence electrons. The fourth-order valence-corrected chi connectivity index (χ4v) is 1.72. The fraction of sp³-hybridized carbons (Fsp3) is 0.923. The summed E-state index contributed by atoms with van der Waals surface area (Å²) in [5, 5.41) is 0. The predicted molar refractivity (Wildman–Crippen MR) is 65.9 cm³/mol. The van der Waals surface area contributed by atoms with E-state index in [9.17, 15) is 4.79 Å². The lowest BCUT2D eigenvalue weighted by Gasteiger charge is -2.09. The van der Waals surface area contributed by atoms with Gasteiger partial charge in [-0.25, -0.2) is 0 Å². The van der Waals surface area contributed by atoms with Gasteiger partial charge in [0.05, 0.1) is 0 Å². The number of carbonyl (C=O) groups is 1. The first-order chi connectivity index (χ1) is 7.31. The number of rotatable bonds is 11. The molecule has 0 aliphatic heterocycles. The summed E-state index contributed by atoms with van der Waals surface area (Å²) in [6, 6.07) is 0. The molecule has 0 bridgehead atoms. The second-order valence-corrected chi connectivity index (χ2v) is 4.41. The highest BCUT2D eigenvalue weighted by Gasteiger charge is 1.94. The lowest BCUT2D eigenvalue weighted by Crippen LogP contribution is -2.16. The normalized spacial score (nSPS) is 10.3. The van der Waals surface area contributed by atoms with Gasteiger partial charge in [-0.3, -0.25) is 4.79 Å². The molecule has 0 heterocycles. The number of hydrogen-bond acceptors (Lipinski definition) is 1. The van der Waals surface area contributed by atoms with Crippen LogP contribution in [0.4, 0.5) is 0 Å². The maximum atomic E-state index is 10.3.